The van der Waals surface area contributed by atoms with Crippen molar-refractivity contribution in [1.82, 2.24) is 0 Å². The Labute approximate surface area is 442 Å². The summed E-state index contributed by atoms with van der Waals surface area (Å²) in [4.78, 5) is 0. The van der Waals surface area contributed by atoms with E-state index in [2.05, 4.69) is 291 Å². The Kier molecular flexibility index (Phi) is 10.0. The number of fused-ring (bicyclic) bond motifs is 7. The Bertz CT molecular complexity index is 4090. The van der Waals surface area contributed by atoms with Gasteiger partial charge in [-0.2, -0.15) is 0 Å². The van der Waals surface area contributed by atoms with Gasteiger partial charge in [-0.3, -0.25) is 0 Å². The molecule has 0 fully saturated rings. The van der Waals surface area contributed by atoms with E-state index < -0.39 is 10.8 Å². The molecule has 0 saturated carbocycles. The number of hydrogen-bond donors (Lipinski definition) is 0. The first-order valence-corrected chi connectivity index (χ1v) is 26.2. The Balaban J connectivity index is 0.995. The van der Waals surface area contributed by atoms with E-state index in [1.807, 2.05) is 0 Å². The lowest BCUT2D eigenvalue weighted by atomic mass is 9.63. The molecule has 2 heterocycles. The number of benzene rings is 13. The third-order valence-corrected chi connectivity index (χ3v) is 16.3. The normalized spacial score (nSPS) is 13.7. The third kappa shape index (κ3) is 6.54. The molecule has 2 aliphatic heterocycles. The summed E-state index contributed by atoms with van der Waals surface area (Å²) >= 11 is 0. The van der Waals surface area contributed by atoms with Gasteiger partial charge in [-0.25, -0.2) is 0 Å². The zero-order valence-corrected chi connectivity index (χ0v) is 41.5. The topological polar surface area (TPSA) is 18.5 Å². The van der Waals surface area contributed by atoms with E-state index in [0.717, 1.165) is 56.4 Å². The van der Waals surface area contributed by atoms with Gasteiger partial charge < -0.3 is 9.47 Å². The first kappa shape index (κ1) is 43.8. The minimum Gasteiger partial charge on any atom is -0.457 e. The number of ether oxygens (including phenoxy) is 2. The minimum atomic E-state index is -0.656. The Morgan fingerprint density at radius 3 is 1.07 bits per heavy atom. The highest BCUT2D eigenvalue weighted by Crippen LogP contribution is 2.58. The predicted molar refractivity (Wildman–Crippen MR) is 312 cm³/mol. The van der Waals surface area contributed by atoms with Crippen LogP contribution in [0.1, 0.15) is 44.5 Å². The van der Waals surface area contributed by atoms with Crippen LogP contribution in [-0.2, 0) is 10.8 Å². The molecule has 13 aromatic carbocycles. The molecule has 356 valence electrons. The first-order valence-electron chi connectivity index (χ1n) is 26.2. The van der Waals surface area contributed by atoms with E-state index in [4.69, 9.17) is 9.47 Å². The maximum Gasteiger partial charge on any atom is 0.132 e. The summed E-state index contributed by atoms with van der Waals surface area (Å²) in [6.45, 7) is 0. The highest BCUT2D eigenvalue weighted by atomic mass is 16.5. The molecule has 0 bridgehead atoms. The Morgan fingerprint density at radius 2 is 0.605 bits per heavy atom. The van der Waals surface area contributed by atoms with Crippen LogP contribution in [0.15, 0.2) is 291 Å². The molecule has 0 radical (unpaired) electrons. The maximum absolute atomic E-state index is 6.71. The highest BCUT2D eigenvalue weighted by Gasteiger charge is 2.47. The monoisotopic (exact) mass is 968 g/mol. The van der Waals surface area contributed by atoms with Gasteiger partial charge in [-0.15, -0.1) is 0 Å². The van der Waals surface area contributed by atoms with Crippen molar-refractivity contribution in [3.8, 4) is 56.4 Å². The van der Waals surface area contributed by atoms with Crippen LogP contribution in [0.3, 0.4) is 0 Å². The summed E-state index contributed by atoms with van der Waals surface area (Å²) in [5, 5.41) is 7.22. The molecule has 0 aromatic heterocycles. The fraction of sp³-hybridized carbons (Fsp3) is 0.0270. The van der Waals surface area contributed by atoms with Gasteiger partial charge in [0.25, 0.3) is 0 Å². The van der Waals surface area contributed by atoms with Crippen LogP contribution in [0.25, 0.3) is 65.7 Å². The predicted octanol–water partition coefficient (Wildman–Crippen LogP) is 19.1. The largest absolute Gasteiger partial charge is 0.457 e. The van der Waals surface area contributed by atoms with Crippen molar-refractivity contribution in [3.63, 3.8) is 0 Å². The molecule has 2 heteroatoms. The molecule has 2 nitrogen and oxygen atoms in total. The minimum absolute atomic E-state index is 0.656. The van der Waals surface area contributed by atoms with Crippen LogP contribution >= 0.6 is 0 Å². The van der Waals surface area contributed by atoms with Crippen LogP contribution in [0.5, 0.6) is 23.0 Å². The molecule has 13 aromatic rings. The van der Waals surface area contributed by atoms with Crippen molar-refractivity contribution in [2.24, 2.45) is 0 Å². The molecule has 0 spiro atoms. The van der Waals surface area contributed by atoms with Gasteiger partial charge in [0.2, 0.25) is 0 Å². The Hall–Kier alpha value is -9.76. The second-order valence-corrected chi connectivity index (χ2v) is 20.2. The highest BCUT2D eigenvalue weighted by molar-refractivity contribution is 6.19. The summed E-state index contributed by atoms with van der Waals surface area (Å²) in [6, 6.07) is 106. The molecule has 0 saturated heterocycles. The van der Waals surface area contributed by atoms with Crippen molar-refractivity contribution in [1.29, 1.82) is 0 Å². The molecule has 2 aliphatic rings. The standard InChI is InChI=1S/C74H48O2/c1-3-25-54(26-4-1)73(64-35-9-13-39-68(64)75-69-40-14-10-36-65(69)73)56-29-17-23-51(46-56)58-31-19-33-60-62(58)48-63-59(32-20-34-61(63)72(60)53-44-43-49-21-7-8-22-50(49)45-53)52-24-18-30-57(47-52)74(55-27-5-2-6-28-55)66-37-11-15-41-70(66)76-71-42-16-12-38-67(71)74/h1-48H. The van der Waals surface area contributed by atoms with Crippen LogP contribution in [0.4, 0.5) is 0 Å². The molecule has 0 N–H and O–H groups in total. The molecule has 0 aliphatic carbocycles. The summed E-state index contributed by atoms with van der Waals surface area (Å²) in [5.74, 6) is 3.46. The van der Waals surface area contributed by atoms with E-state index in [-0.39, 0.29) is 0 Å². The van der Waals surface area contributed by atoms with E-state index in [0.29, 0.717) is 0 Å². The van der Waals surface area contributed by atoms with Gasteiger partial charge in [0, 0.05) is 22.3 Å². The van der Waals surface area contributed by atoms with E-state index >= 15 is 0 Å². The van der Waals surface area contributed by atoms with E-state index in [1.165, 1.54) is 76.8 Å². The van der Waals surface area contributed by atoms with Gasteiger partial charge in [-0.05, 0) is 136 Å². The average Bonchev–Trinajstić information content (AvgIpc) is 3.67. The van der Waals surface area contributed by atoms with Crippen LogP contribution in [-0.4, -0.2) is 0 Å². The Morgan fingerprint density at radius 1 is 0.224 bits per heavy atom. The first-order chi connectivity index (χ1) is 37.7. The molecule has 76 heavy (non-hydrogen) atoms. The lowest BCUT2D eigenvalue weighted by Crippen LogP contribution is -2.34. The maximum atomic E-state index is 6.71. The lowest BCUT2D eigenvalue weighted by Gasteiger charge is -2.41. The third-order valence-electron chi connectivity index (χ3n) is 16.3. The molecule has 0 atom stereocenters. The molecule has 0 amide bonds. The van der Waals surface area contributed by atoms with Crippen molar-refractivity contribution in [2.45, 2.75) is 10.8 Å². The van der Waals surface area contributed by atoms with Crippen molar-refractivity contribution in [3.05, 3.63) is 336 Å². The SMILES string of the molecule is c1ccc(C2(c3cccc(-c4cccc5c(-c6ccc7ccccc7c6)c6cccc(-c7cccc(C8(c9ccccc9)c9ccccc9Oc9ccccc98)c7)c6cc45)c3)c3ccccc3Oc3ccccc32)cc1. The lowest BCUT2D eigenvalue weighted by molar-refractivity contribution is 0.434. The average molecular weight is 969 g/mol. The number of para-hydroxylation sites is 4. The molecular formula is C74H48O2. The molecular weight excluding hydrogens is 921 g/mol. The fourth-order valence-electron chi connectivity index (χ4n) is 13.1. The van der Waals surface area contributed by atoms with Crippen molar-refractivity contribution < 1.29 is 9.47 Å². The number of hydrogen-bond acceptors (Lipinski definition) is 2. The smallest absolute Gasteiger partial charge is 0.132 e. The van der Waals surface area contributed by atoms with Gasteiger partial charge >= 0.3 is 0 Å². The molecule has 15 rings (SSSR count). The summed E-state index contributed by atoms with van der Waals surface area (Å²) in [6.07, 6.45) is 0. The van der Waals surface area contributed by atoms with E-state index in [1.54, 1.807) is 0 Å². The molecule has 0 unspecified atom stereocenters. The van der Waals surface area contributed by atoms with Crippen LogP contribution in [0, 0.1) is 0 Å². The van der Waals surface area contributed by atoms with Crippen LogP contribution in [0.2, 0.25) is 0 Å². The summed E-state index contributed by atoms with van der Waals surface area (Å²) < 4.78 is 13.4. The van der Waals surface area contributed by atoms with E-state index in [9.17, 15) is 0 Å². The second kappa shape index (κ2) is 17.4. The van der Waals surface area contributed by atoms with Gasteiger partial charge in [0.1, 0.15) is 23.0 Å². The zero-order valence-electron chi connectivity index (χ0n) is 41.5. The van der Waals surface area contributed by atoms with Gasteiger partial charge in [0.05, 0.1) is 10.8 Å². The zero-order chi connectivity index (χ0) is 50.2. The van der Waals surface area contributed by atoms with Gasteiger partial charge in [0.15, 0.2) is 0 Å². The summed E-state index contributed by atoms with van der Waals surface area (Å²) in [7, 11) is 0. The van der Waals surface area contributed by atoms with Crippen molar-refractivity contribution >= 4 is 32.3 Å². The van der Waals surface area contributed by atoms with Crippen LogP contribution < -0.4 is 9.47 Å². The summed E-state index contributed by atoms with van der Waals surface area (Å²) in [5.41, 5.74) is 14.9. The van der Waals surface area contributed by atoms with Crippen molar-refractivity contribution in [2.75, 3.05) is 0 Å². The number of rotatable bonds is 7. The second-order valence-electron chi connectivity index (χ2n) is 20.2. The quantitative estimate of drug-likeness (QED) is 0.148. The van der Waals surface area contributed by atoms with Gasteiger partial charge in [-0.1, -0.05) is 243 Å². The fourth-order valence-corrected chi connectivity index (χ4v) is 13.1.